The van der Waals surface area contributed by atoms with Crippen LogP contribution in [-0.2, 0) is 6.42 Å². The number of hydrogen-bond acceptors (Lipinski definition) is 0. The van der Waals surface area contributed by atoms with Gasteiger partial charge in [-0.15, -0.1) is 6.42 Å². The highest BCUT2D eigenvalue weighted by atomic mass is 79.9. The highest BCUT2D eigenvalue weighted by Crippen LogP contribution is 2.19. The van der Waals surface area contributed by atoms with Crippen molar-refractivity contribution < 1.29 is 0 Å². The Bertz CT molecular complexity index is 367. The maximum atomic E-state index is 5.51. The molecule has 0 aliphatic heterocycles. The lowest BCUT2D eigenvalue weighted by atomic mass is 9.92. The van der Waals surface area contributed by atoms with Crippen LogP contribution in [0.4, 0.5) is 0 Å². The highest BCUT2D eigenvalue weighted by Gasteiger charge is 2.08. The summed E-state index contributed by atoms with van der Waals surface area (Å²) in [6.45, 7) is 6.10. The van der Waals surface area contributed by atoms with Crippen LogP contribution in [-0.4, -0.2) is 0 Å². The number of benzene rings is 1. The summed E-state index contributed by atoms with van der Waals surface area (Å²) < 4.78 is 1.10. The van der Waals surface area contributed by atoms with E-state index in [0.717, 1.165) is 22.9 Å². The van der Waals surface area contributed by atoms with Crippen molar-refractivity contribution in [1.82, 2.24) is 0 Å². The zero-order chi connectivity index (χ0) is 11.3. The number of hydrogen-bond donors (Lipinski definition) is 0. The van der Waals surface area contributed by atoms with E-state index in [-0.39, 0.29) is 5.92 Å². The van der Waals surface area contributed by atoms with Crippen molar-refractivity contribution in [1.29, 1.82) is 0 Å². The molecule has 0 fully saturated rings. The molecule has 0 saturated carbocycles. The largest absolute Gasteiger partial charge is 0.119 e. The van der Waals surface area contributed by atoms with Gasteiger partial charge in [0, 0.05) is 10.4 Å². The molecule has 0 aliphatic carbocycles. The SMILES string of the molecule is C#CC(Cc1ccc(Br)cc1)C(=C)CC. The van der Waals surface area contributed by atoms with Gasteiger partial charge in [-0.1, -0.05) is 53.1 Å². The standard InChI is InChI=1S/C14H15Br/c1-4-11(3)13(5-2)10-12-6-8-14(15)9-7-12/h2,6-9,13H,3-4,10H2,1H3. The van der Waals surface area contributed by atoms with E-state index in [2.05, 4.69) is 47.5 Å². The zero-order valence-corrected chi connectivity index (χ0v) is 10.5. The van der Waals surface area contributed by atoms with E-state index >= 15 is 0 Å². The maximum Gasteiger partial charge on any atom is 0.0446 e. The minimum absolute atomic E-state index is 0.163. The third-order valence-corrected chi connectivity index (χ3v) is 3.03. The third kappa shape index (κ3) is 3.57. The monoisotopic (exact) mass is 262 g/mol. The summed E-state index contributed by atoms with van der Waals surface area (Å²) in [5.41, 5.74) is 2.40. The number of allylic oxidation sites excluding steroid dienone is 1. The molecule has 0 aromatic heterocycles. The van der Waals surface area contributed by atoms with E-state index in [1.165, 1.54) is 5.56 Å². The first-order valence-corrected chi connectivity index (χ1v) is 5.85. The van der Waals surface area contributed by atoms with Crippen LogP contribution in [0.5, 0.6) is 0 Å². The molecule has 1 atom stereocenters. The van der Waals surface area contributed by atoms with Crippen molar-refractivity contribution in [3.05, 3.63) is 46.5 Å². The lowest BCUT2D eigenvalue weighted by Crippen LogP contribution is -2.04. The molecule has 0 amide bonds. The topological polar surface area (TPSA) is 0 Å². The summed E-state index contributed by atoms with van der Waals surface area (Å²) in [4.78, 5) is 0. The van der Waals surface area contributed by atoms with Gasteiger partial charge < -0.3 is 0 Å². The molecule has 1 aromatic carbocycles. The molecule has 15 heavy (non-hydrogen) atoms. The predicted molar refractivity (Wildman–Crippen MR) is 69.6 cm³/mol. The molecule has 0 nitrogen and oxygen atoms in total. The van der Waals surface area contributed by atoms with Crippen LogP contribution in [0.3, 0.4) is 0 Å². The van der Waals surface area contributed by atoms with Crippen LogP contribution >= 0.6 is 15.9 Å². The molecule has 1 unspecified atom stereocenters. The van der Waals surface area contributed by atoms with Gasteiger partial charge in [0.25, 0.3) is 0 Å². The lowest BCUT2D eigenvalue weighted by Gasteiger charge is -2.12. The number of halogens is 1. The average molecular weight is 263 g/mol. The van der Waals surface area contributed by atoms with E-state index in [9.17, 15) is 0 Å². The molecule has 0 saturated heterocycles. The number of rotatable bonds is 4. The van der Waals surface area contributed by atoms with Gasteiger partial charge in [0.2, 0.25) is 0 Å². The second-order valence-electron chi connectivity index (χ2n) is 3.56. The molecule has 0 heterocycles. The Morgan fingerprint density at radius 1 is 1.47 bits per heavy atom. The zero-order valence-electron chi connectivity index (χ0n) is 8.96. The van der Waals surface area contributed by atoms with Crippen LogP contribution < -0.4 is 0 Å². The average Bonchev–Trinajstić information content (AvgIpc) is 2.27. The van der Waals surface area contributed by atoms with Gasteiger partial charge in [-0.05, 0) is 30.5 Å². The van der Waals surface area contributed by atoms with Crippen LogP contribution in [0.15, 0.2) is 40.9 Å². The summed E-state index contributed by atoms with van der Waals surface area (Å²) in [6.07, 6.45) is 7.34. The Labute approximate surface area is 101 Å². The fraction of sp³-hybridized carbons (Fsp3) is 0.286. The summed E-state index contributed by atoms with van der Waals surface area (Å²) in [5, 5.41) is 0. The van der Waals surface area contributed by atoms with Crippen molar-refractivity contribution in [3.63, 3.8) is 0 Å². The van der Waals surface area contributed by atoms with Crippen LogP contribution in [0.1, 0.15) is 18.9 Å². The van der Waals surface area contributed by atoms with E-state index in [4.69, 9.17) is 6.42 Å². The minimum atomic E-state index is 0.163. The van der Waals surface area contributed by atoms with Crippen LogP contribution in [0, 0.1) is 18.3 Å². The van der Waals surface area contributed by atoms with Crippen molar-refractivity contribution in [2.24, 2.45) is 5.92 Å². The molecule has 0 radical (unpaired) electrons. The fourth-order valence-corrected chi connectivity index (χ4v) is 1.69. The summed E-state index contributed by atoms with van der Waals surface area (Å²) in [7, 11) is 0. The Morgan fingerprint density at radius 3 is 2.53 bits per heavy atom. The normalized spacial score (nSPS) is 11.8. The van der Waals surface area contributed by atoms with Gasteiger partial charge in [0.1, 0.15) is 0 Å². The van der Waals surface area contributed by atoms with Gasteiger partial charge >= 0.3 is 0 Å². The molecule has 1 heteroatoms. The Morgan fingerprint density at radius 2 is 2.07 bits per heavy atom. The summed E-state index contributed by atoms with van der Waals surface area (Å²) in [5.74, 6) is 2.97. The van der Waals surface area contributed by atoms with Crippen molar-refractivity contribution in [2.45, 2.75) is 19.8 Å². The minimum Gasteiger partial charge on any atom is -0.119 e. The quantitative estimate of drug-likeness (QED) is 0.564. The van der Waals surface area contributed by atoms with E-state index in [1.807, 2.05) is 12.1 Å². The Balaban J connectivity index is 2.72. The molecule has 0 bridgehead atoms. The molecular weight excluding hydrogens is 248 g/mol. The summed E-state index contributed by atoms with van der Waals surface area (Å²) in [6, 6.07) is 8.27. The summed E-state index contributed by atoms with van der Waals surface area (Å²) >= 11 is 3.41. The van der Waals surface area contributed by atoms with E-state index in [0.29, 0.717) is 0 Å². The molecule has 1 aromatic rings. The first kappa shape index (κ1) is 12.1. The highest BCUT2D eigenvalue weighted by molar-refractivity contribution is 9.10. The molecule has 0 aliphatic rings. The lowest BCUT2D eigenvalue weighted by molar-refractivity contribution is 0.749. The van der Waals surface area contributed by atoms with E-state index < -0.39 is 0 Å². The van der Waals surface area contributed by atoms with Crippen molar-refractivity contribution in [3.8, 4) is 12.3 Å². The van der Waals surface area contributed by atoms with E-state index in [1.54, 1.807) is 0 Å². The Hall–Kier alpha value is -1.00. The van der Waals surface area contributed by atoms with Crippen molar-refractivity contribution >= 4 is 15.9 Å². The maximum absolute atomic E-state index is 5.51. The molecular formula is C14H15Br. The van der Waals surface area contributed by atoms with Crippen LogP contribution in [0.2, 0.25) is 0 Å². The van der Waals surface area contributed by atoms with Gasteiger partial charge in [0.05, 0.1) is 0 Å². The second kappa shape index (κ2) is 5.78. The van der Waals surface area contributed by atoms with Crippen molar-refractivity contribution in [2.75, 3.05) is 0 Å². The molecule has 0 N–H and O–H groups in total. The van der Waals surface area contributed by atoms with Gasteiger partial charge in [0.15, 0.2) is 0 Å². The Kier molecular flexibility index (Phi) is 4.65. The fourth-order valence-electron chi connectivity index (χ4n) is 1.42. The van der Waals surface area contributed by atoms with Gasteiger partial charge in [-0.2, -0.15) is 0 Å². The first-order chi connectivity index (χ1) is 7.17. The smallest absolute Gasteiger partial charge is 0.0446 e. The first-order valence-electron chi connectivity index (χ1n) is 5.05. The van der Waals surface area contributed by atoms with Gasteiger partial charge in [-0.3, -0.25) is 0 Å². The van der Waals surface area contributed by atoms with Crippen LogP contribution in [0.25, 0.3) is 0 Å². The third-order valence-electron chi connectivity index (χ3n) is 2.50. The molecule has 78 valence electrons. The molecule has 0 spiro atoms. The predicted octanol–water partition coefficient (Wildman–Crippen LogP) is 4.21. The molecule has 1 rings (SSSR count). The van der Waals surface area contributed by atoms with Gasteiger partial charge in [-0.25, -0.2) is 0 Å². The number of terminal acetylenes is 1. The second-order valence-corrected chi connectivity index (χ2v) is 4.48.